The number of ether oxygens (including phenoxy) is 2. The Bertz CT molecular complexity index is 1620. The fraction of sp³-hybridized carbons (Fsp3) is 0.516. The molecule has 15 heteroatoms. The predicted molar refractivity (Wildman–Crippen MR) is 171 cm³/mol. The maximum atomic E-state index is 14.5. The van der Waals surface area contributed by atoms with Crippen LogP contribution in [0.25, 0.3) is 6.08 Å². The molecule has 46 heavy (non-hydrogen) atoms. The maximum absolute atomic E-state index is 14.5. The van der Waals surface area contributed by atoms with E-state index in [9.17, 15) is 28.8 Å². The predicted octanol–water partition coefficient (Wildman–Crippen LogP) is 4.55. The van der Waals surface area contributed by atoms with E-state index in [4.69, 9.17) is 18.3 Å². The number of allylic oxidation sites excluding steroid dienone is 3. The number of hydrogen-bond donors (Lipinski definition) is 1. The van der Waals surface area contributed by atoms with Crippen LogP contribution in [0.2, 0.25) is 0 Å². The highest BCUT2D eigenvalue weighted by molar-refractivity contribution is 8.13. The standard InChI is InChI=1S/C31H36N2O10S3/c1-18-12-13-31(30(4,38)28(36)45-27-20(3)41-29(37)43-27)16-24(35)33(46(31)39)19(2)26-32-21(17-44-26)9-5-6-10-22(34)23(15-18)42-25-11-7-8-14-40-25/h5-6,9-10,15,17,19,23,25,38H,7-8,11-14,16H2,1-4H3/b9-5-,10-6-,18-15-/t19-,23-,25?,30+,31?,46?/m1/s1. The molecule has 0 radical (unpaired) electrons. The minimum atomic E-state index is -2.35. The summed E-state index contributed by atoms with van der Waals surface area (Å²) in [7, 11) is 0. The third kappa shape index (κ3) is 7.05. The Morgan fingerprint density at radius 3 is 2.70 bits per heavy atom. The normalized spacial score (nSPS) is 31.5. The van der Waals surface area contributed by atoms with E-state index in [1.807, 2.05) is 0 Å². The van der Waals surface area contributed by atoms with Gasteiger partial charge in [0.2, 0.25) is 10.2 Å². The molecule has 3 unspecified atom stereocenters. The molecule has 0 aliphatic carbocycles. The van der Waals surface area contributed by atoms with Crippen LogP contribution >= 0.6 is 23.1 Å². The van der Waals surface area contributed by atoms with E-state index >= 15 is 0 Å². The summed E-state index contributed by atoms with van der Waals surface area (Å²) >= 11 is -0.501. The van der Waals surface area contributed by atoms with Crippen molar-refractivity contribution < 1.29 is 42.4 Å². The van der Waals surface area contributed by atoms with E-state index in [2.05, 4.69) is 4.98 Å². The fourth-order valence-corrected chi connectivity index (χ4v) is 9.35. The summed E-state index contributed by atoms with van der Waals surface area (Å²) < 4.78 is 35.5. The number of fused-ring (bicyclic) bond motifs is 4. The number of hydrogen-bond acceptors (Lipinski definition) is 13. The van der Waals surface area contributed by atoms with Gasteiger partial charge in [0.15, 0.2) is 28.2 Å². The van der Waals surface area contributed by atoms with Gasteiger partial charge < -0.3 is 28.0 Å². The second kappa shape index (κ2) is 14.1. The van der Waals surface area contributed by atoms with Gasteiger partial charge in [-0.2, -0.15) is 4.31 Å². The smallest absolute Gasteiger partial charge is 0.519 e. The minimum absolute atomic E-state index is 0.0449. The number of aromatic nitrogens is 1. The molecular weight excluding hydrogens is 657 g/mol. The third-order valence-corrected chi connectivity index (χ3v) is 12.8. The van der Waals surface area contributed by atoms with Crippen LogP contribution in [0.5, 0.6) is 0 Å². The second-order valence-corrected chi connectivity index (χ2v) is 15.2. The third-order valence-electron chi connectivity index (χ3n) is 8.33. The number of carbonyl (C=O) groups is 3. The Kier molecular flexibility index (Phi) is 10.6. The van der Waals surface area contributed by atoms with Gasteiger partial charge in [-0.3, -0.25) is 14.4 Å². The van der Waals surface area contributed by atoms with Gasteiger partial charge in [0.25, 0.3) is 5.91 Å². The van der Waals surface area contributed by atoms with Gasteiger partial charge in [0.05, 0.1) is 23.5 Å². The molecule has 5 rings (SSSR count). The second-order valence-electron chi connectivity index (χ2n) is 11.7. The fourth-order valence-electron chi connectivity index (χ4n) is 5.56. The van der Waals surface area contributed by atoms with Gasteiger partial charge in [-0.1, -0.05) is 17.7 Å². The molecule has 1 amide bonds. The van der Waals surface area contributed by atoms with Crippen LogP contribution < -0.4 is 5.82 Å². The molecule has 2 saturated heterocycles. The lowest BCUT2D eigenvalue weighted by atomic mass is 9.81. The van der Waals surface area contributed by atoms with E-state index < -0.39 is 63.4 Å². The molecule has 2 aromatic heterocycles. The molecule has 12 nitrogen and oxygen atoms in total. The van der Waals surface area contributed by atoms with Gasteiger partial charge in [0.1, 0.15) is 17.2 Å². The van der Waals surface area contributed by atoms with Crippen molar-refractivity contribution in [2.24, 2.45) is 0 Å². The Morgan fingerprint density at radius 1 is 1.24 bits per heavy atom. The SMILES string of the molecule is C/C1=C/[C@@H](OC2CCCCO2)C(=O)/C=C\C=C/c2csc(n2)[C@@H](C)N2C(=O)CC([C@@](C)(O)C(=O)Sc3oc(=O)oc3C)(CC1)[S+]2[O-]. The van der Waals surface area contributed by atoms with Crippen LogP contribution in [-0.2, 0) is 35.2 Å². The van der Waals surface area contributed by atoms with Crippen molar-refractivity contribution in [2.45, 2.75) is 100 Å². The van der Waals surface area contributed by atoms with Crippen molar-refractivity contribution in [2.75, 3.05) is 6.61 Å². The maximum Gasteiger partial charge on any atom is 0.519 e. The zero-order valence-corrected chi connectivity index (χ0v) is 28.3. The average molecular weight is 693 g/mol. The van der Waals surface area contributed by atoms with Gasteiger partial charge in [-0.25, -0.2) is 9.78 Å². The molecule has 0 spiro atoms. The lowest BCUT2D eigenvalue weighted by Crippen LogP contribution is -2.60. The molecule has 2 aromatic rings. The minimum Gasteiger partial charge on any atom is -0.592 e. The molecule has 3 aliphatic rings. The van der Waals surface area contributed by atoms with Crippen LogP contribution in [0, 0.1) is 6.92 Å². The Hall–Kier alpha value is -2.79. The molecule has 2 fully saturated rings. The highest BCUT2D eigenvalue weighted by atomic mass is 32.2. The van der Waals surface area contributed by atoms with Crippen LogP contribution in [0.15, 0.2) is 54.0 Å². The number of amides is 1. The summed E-state index contributed by atoms with van der Waals surface area (Å²) in [6.07, 6.45) is 8.68. The van der Waals surface area contributed by atoms with Gasteiger partial charge >= 0.3 is 5.82 Å². The van der Waals surface area contributed by atoms with Gasteiger partial charge in [-0.05, 0) is 83.4 Å². The number of thiazole rings is 1. The highest BCUT2D eigenvalue weighted by Crippen LogP contribution is 2.51. The van der Waals surface area contributed by atoms with E-state index in [0.29, 0.717) is 41.1 Å². The molecule has 0 saturated carbocycles. The Morgan fingerprint density at radius 2 is 2.00 bits per heavy atom. The highest BCUT2D eigenvalue weighted by Gasteiger charge is 2.69. The van der Waals surface area contributed by atoms with E-state index in [1.165, 1.54) is 35.6 Å². The quantitative estimate of drug-likeness (QED) is 0.264. The van der Waals surface area contributed by atoms with Crippen molar-refractivity contribution in [3.63, 3.8) is 0 Å². The summed E-state index contributed by atoms with van der Waals surface area (Å²) in [6.45, 7) is 6.65. The van der Waals surface area contributed by atoms with Crippen LogP contribution in [0.1, 0.15) is 81.8 Å². The van der Waals surface area contributed by atoms with Crippen molar-refractivity contribution in [3.8, 4) is 0 Å². The lowest BCUT2D eigenvalue weighted by molar-refractivity contribution is -0.181. The molecule has 248 valence electrons. The number of aliphatic hydroxyl groups is 1. The molecule has 4 bridgehead atoms. The summed E-state index contributed by atoms with van der Waals surface area (Å²) in [5, 5.41) is 13.3. The molecule has 1 N–H and O–H groups in total. The van der Waals surface area contributed by atoms with Crippen LogP contribution in [0.4, 0.5) is 0 Å². The van der Waals surface area contributed by atoms with Crippen molar-refractivity contribution in [3.05, 3.63) is 62.3 Å². The first kappa shape index (κ1) is 34.5. The molecule has 6 atom stereocenters. The van der Waals surface area contributed by atoms with E-state index in [0.717, 1.165) is 12.8 Å². The number of carbonyl (C=O) groups excluding carboxylic acids is 3. The van der Waals surface area contributed by atoms with Crippen LogP contribution in [-0.4, -0.2) is 65.1 Å². The monoisotopic (exact) mass is 692 g/mol. The first-order valence-electron chi connectivity index (χ1n) is 14.9. The number of ketones is 1. The summed E-state index contributed by atoms with van der Waals surface area (Å²) in [4.78, 5) is 56.9. The lowest BCUT2D eigenvalue weighted by Gasteiger charge is -2.40. The molecular formula is C31H36N2O10S3. The van der Waals surface area contributed by atoms with E-state index in [1.54, 1.807) is 43.5 Å². The van der Waals surface area contributed by atoms with Gasteiger partial charge in [-0.15, -0.1) is 11.3 Å². The average Bonchev–Trinajstić information content (AvgIpc) is 3.69. The molecule has 0 aromatic carbocycles. The number of rotatable bonds is 5. The molecule has 3 aliphatic heterocycles. The first-order chi connectivity index (χ1) is 21.8. The first-order valence-corrected chi connectivity index (χ1v) is 17.7. The van der Waals surface area contributed by atoms with Gasteiger partial charge in [0, 0.05) is 18.4 Å². The van der Waals surface area contributed by atoms with Crippen LogP contribution in [0.3, 0.4) is 0 Å². The number of nitrogens with zero attached hydrogens (tertiary/aromatic N) is 2. The Balaban J connectivity index is 1.54. The summed E-state index contributed by atoms with van der Waals surface area (Å²) in [5.41, 5.74) is -1.11. The van der Waals surface area contributed by atoms with Crippen molar-refractivity contribution in [1.82, 2.24) is 9.29 Å². The summed E-state index contributed by atoms with van der Waals surface area (Å²) in [5.74, 6) is -1.79. The zero-order chi connectivity index (χ0) is 33.2. The van der Waals surface area contributed by atoms with E-state index in [-0.39, 0.29) is 29.5 Å². The van der Waals surface area contributed by atoms with Crippen molar-refractivity contribution >= 4 is 57.3 Å². The zero-order valence-electron chi connectivity index (χ0n) is 25.9. The molecule has 5 heterocycles. The number of thioether (sulfide) groups is 1. The topological polar surface area (TPSA) is 172 Å². The largest absolute Gasteiger partial charge is 0.592 e. The summed E-state index contributed by atoms with van der Waals surface area (Å²) in [6, 6.07) is -0.729. The Labute approximate surface area is 277 Å². The van der Waals surface area contributed by atoms with Crippen molar-refractivity contribution in [1.29, 1.82) is 0 Å². The number of aryl methyl sites for hydroxylation is 1.